The lowest BCUT2D eigenvalue weighted by molar-refractivity contribution is 0.0332. The summed E-state index contributed by atoms with van der Waals surface area (Å²) in [6.45, 7) is 12.1. The van der Waals surface area contributed by atoms with E-state index in [-0.39, 0.29) is 17.5 Å². The molecule has 1 aliphatic rings. The minimum absolute atomic E-state index is 0.110. The molecule has 0 radical (unpaired) electrons. The molecular formula is C16H23N5OS. The van der Waals surface area contributed by atoms with E-state index in [2.05, 4.69) is 41.2 Å². The lowest BCUT2D eigenvalue weighted by Gasteiger charge is -2.47. The minimum Gasteiger partial charge on any atom is -0.397 e. The molecule has 2 aromatic rings. The van der Waals surface area contributed by atoms with Crippen molar-refractivity contribution in [3.63, 3.8) is 0 Å². The van der Waals surface area contributed by atoms with Crippen LogP contribution < -0.4 is 11.1 Å². The number of fused-ring (bicyclic) bond motifs is 1. The molecule has 1 aliphatic heterocycles. The van der Waals surface area contributed by atoms with Gasteiger partial charge in [0.05, 0.1) is 17.4 Å². The van der Waals surface area contributed by atoms with Gasteiger partial charge in [-0.05, 0) is 40.2 Å². The highest BCUT2D eigenvalue weighted by atomic mass is 32.1. The summed E-state index contributed by atoms with van der Waals surface area (Å²) in [4.78, 5) is 16.1. The predicted molar refractivity (Wildman–Crippen MR) is 93.9 cm³/mol. The zero-order chi connectivity index (χ0) is 16.9. The van der Waals surface area contributed by atoms with Crippen molar-refractivity contribution >= 4 is 33.1 Å². The first kappa shape index (κ1) is 16.1. The largest absolute Gasteiger partial charge is 0.397 e. The molecule has 7 heteroatoms. The molecule has 0 aliphatic carbocycles. The number of hydrogen-bond acceptors (Lipinski definition) is 6. The Morgan fingerprint density at radius 1 is 1.30 bits per heavy atom. The Kier molecular flexibility index (Phi) is 3.80. The number of aromatic nitrogens is 2. The van der Waals surface area contributed by atoms with Crippen LogP contribution in [0, 0.1) is 13.8 Å². The summed E-state index contributed by atoms with van der Waals surface area (Å²) in [6.07, 6.45) is 0. The van der Waals surface area contributed by atoms with Crippen molar-refractivity contribution in [1.82, 2.24) is 20.4 Å². The number of nitrogens with one attached hydrogen (secondary N) is 1. The van der Waals surface area contributed by atoms with Gasteiger partial charge in [0.2, 0.25) is 0 Å². The molecule has 0 aromatic carbocycles. The Balaban J connectivity index is 1.78. The number of likely N-dealkylation sites (tertiary alicyclic amines) is 1. The topological polar surface area (TPSA) is 84.1 Å². The maximum Gasteiger partial charge on any atom is 0.263 e. The van der Waals surface area contributed by atoms with E-state index in [1.165, 1.54) is 11.3 Å². The van der Waals surface area contributed by atoms with Gasteiger partial charge in [-0.1, -0.05) is 0 Å². The lowest BCUT2D eigenvalue weighted by Crippen LogP contribution is -2.64. The summed E-state index contributed by atoms with van der Waals surface area (Å²) in [7, 11) is 0. The molecule has 0 atom stereocenters. The van der Waals surface area contributed by atoms with E-state index < -0.39 is 0 Å². The predicted octanol–water partition coefficient (Wildman–Crippen LogP) is 2.10. The van der Waals surface area contributed by atoms with E-state index in [9.17, 15) is 4.79 Å². The highest BCUT2D eigenvalue weighted by molar-refractivity contribution is 7.21. The maximum atomic E-state index is 12.5. The lowest BCUT2D eigenvalue weighted by atomic mass is 9.97. The van der Waals surface area contributed by atoms with Gasteiger partial charge in [-0.25, -0.2) is 0 Å². The fraction of sp³-hybridized carbons (Fsp3) is 0.562. The number of carbonyl (C=O) groups is 1. The van der Waals surface area contributed by atoms with Crippen molar-refractivity contribution in [2.45, 2.75) is 46.2 Å². The van der Waals surface area contributed by atoms with Crippen molar-refractivity contribution in [2.75, 3.05) is 18.8 Å². The van der Waals surface area contributed by atoms with Gasteiger partial charge in [-0.3, -0.25) is 9.69 Å². The monoisotopic (exact) mass is 333 g/mol. The molecule has 6 nitrogen and oxygen atoms in total. The summed E-state index contributed by atoms with van der Waals surface area (Å²) in [5.41, 5.74) is 8.70. The van der Waals surface area contributed by atoms with E-state index in [1.807, 2.05) is 13.8 Å². The van der Waals surface area contributed by atoms with Crippen molar-refractivity contribution in [2.24, 2.45) is 0 Å². The average molecular weight is 333 g/mol. The second kappa shape index (κ2) is 5.42. The van der Waals surface area contributed by atoms with Gasteiger partial charge in [0, 0.05) is 24.0 Å². The third-order valence-electron chi connectivity index (χ3n) is 4.51. The zero-order valence-electron chi connectivity index (χ0n) is 14.2. The van der Waals surface area contributed by atoms with Gasteiger partial charge < -0.3 is 11.1 Å². The van der Waals surface area contributed by atoms with Crippen LogP contribution in [-0.2, 0) is 0 Å². The van der Waals surface area contributed by atoms with Crippen molar-refractivity contribution in [1.29, 1.82) is 0 Å². The first-order chi connectivity index (χ1) is 10.7. The summed E-state index contributed by atoms with van der Waals surface area (Å²) in [6, 6.07) is 0.181. The summed E-state index contributed by atoms with van der Waals surface area (Å²) in [5.74, 6) is -0.110. The van der Waals surface area contributed by atoms with Crippen LogP contribution in [0.1, 0.15) is 41.7 Å². The molecule has 23 heavy (non-hydrogen) atoms. The van der Waals surface area contributed by atoms with E-state index in [4.69, 9.17) is 5.73 Å². The van der Waals surface area contributed by atoms with E-state index in [1.54, 1.807) is 0 Å². The van der Waals surface area contributed by atoms with Gasteiger partial charge in [-0.15, -0.1) is 16.4 Å². The number of carbonyl (C=O) groups excluding carboxylic acids is 1. The van der Waals surface area contributed by atoms with Gasteiger partial charge in [0.15, 0.2) is 0 Å². The first-order valence-electron chi connectivity index (χ1n) is 7.76. The van der Waals surface area contributed by atoms with Crippen LogP contribution in [0.15, 0.2) is 0 Å². The molecule has 3 heterocycles. The molecule has 0 spiro atoms. The van der Waals surface area contributed by atoms with E-state index >= 15 is 0 Å². The molecule has 2 aromatic heterocycles. The van der Waals surface area contributed by atoms with Crippen LogP contribution in [0.25, 0.3) is 10.2 Å². The SMILES string of the molecule is Cc1nnc2sc(C(=O)NC3CN(C(C)(C)C)C3)c(N)c2c1C. The number of nitrogen functional groups attached to an aromatic ring is 1. The number of amides is 1. The summed E-state index contributed by atoms with van der Waals surface area (Å²) < 4.78 is 0. The quantitative estimate of drug-likeness (QED) is 0.879. The second-order valence-corrected chi connectivity index (χ2v) is 8.18. The Bertz CT molecular complexity index is 771. The standard InChI is InChI=1S/C16H23N5OS/c1-8-9(2)19-20-15-11(8)12(17)13(23-15)14(22)18-10-6-21(7-10)16(3,4)5/h10H,6-7,17H2,1-5H3,(H,18,22). The van der Waals surface area contributed by atoms with Crippen LogP contribution >= 0.6 is 11.3 Å². The van der Waals surface area contributed by atoms with Crippen LogP contribution in [0.2, 0.25) is 0 Å². The zero-order valence-corrected chi connectivity index (χ0v) is 15.0. The van der Waals surface area contributed by atoms with Gasteiger partial charge in [0.25, 0.3) is 5.91 Å². The fourth-order valence-electron chi connectivity index (χ4n) is 2.78. The van der Waals surface area contributed by atoms with Crippen LogP contribution in [0.3, 0.4) is 0 Å². The number of anilines is 1. The van der Waals surface area contributed by atoms with E-state index in [0.717, 1.165) is 34.6 Å². The number of rotatable bonds is 2. The van der Waals surface area contributed by atoms with Crippen molar-refractivity contribution < 1.29 is 4.79 Å². The minimum atomic E-state index is -0.110. The molecule has 0 bridgehead atoms. The smallest absolute Gasteiger partial charge is 0.263 e. The normalized spacial score (nSPS) is 16.6. The molecule has 0 unspecified atom stereocenters. The van der Waals surface area contributed by atoms with E-state index in [0.29, 0.717) is 10.6 Å². The Morgan fingerprint density at radius 2 is 1.96 bits per heavy atom. The second-order valence-electron chi connectivity index (χ2n) is 7.18. The molecule has 1 saturated heterocycles. The molecule has 1 fully saturated rings. The van der Waals surface area contributed by atoms with Gasteiger partial charge in [-0.2, -0.15) is 5.10 Å². The maximum absolute atomic E-state index is 12.5. The summed E-state index contributed by atoms with van der Waals surface area (Å²) in [5, 5.41) is 12.2. The Labute approximate surface area is 140 Å². The highest BCUT2D eigenvalue weighted by Crippen LogP contribution is 2.35. The Hall–Kier alpha value is -1.73. The third-order valence-corrected chi connectivity index (χ3v) is 5.60. The Morgan fingerprint density at radius 3 is 2.57 bits per heavy atom. The number of nitrogens with zero attached hydrogens (tertiary/aromatic N) is 3. The number of hydrogen-bond donors (Lipinski definition) is 2. The van der Waals surface area contributed by atoms with Crippen LogP contribution in [0.5, 0.6) is 0 Å². The highest BCUT2D eigenvalue weighted by Gasteiger charge is 2.35. The molecule has 3 rings (SSSR count). The van der Waals surface area contributed by atoms with Crippen LogP contribution in [-0.4, -0.2) is 45.7 Å². The number of nitrogens with two attached hydrogens (primary N) is 1. The number of aryl methyl sites for hydroxylation is 2. The molecular weight excluding hydrogens is 310 g/mol. The fourth-order valence-corrected chi connectivity index (χ4v) is 3.78. The van der Waals surface area contributed by atoms with Gasteiger partial charge >= 0.3 is 0 Å². The molecule has 0 saturated carbocycles. The average Bonchev–Trinajstić information content (AvgIpc) is 2.74. The third kappa shape index (κ3) is 2.79. The molecule has 124 valence electrons. The summed E-state index contributed by atoms with van der Waals surface area (Å²) >= 11 is 1.31. The first-order valence-corrected chi connectivity index (χ1v) is 8.58. The van der Waals surface area contributed by atoms with Crippen molar-refractivity contribution in [3.05, 3.63) is 16.1 Å². The van der Waals surface area contributed by atoms with Crippen molar-refractivity contribution in [3.8, 4) is 0 Å². The van der Waals surface area contributed by atoms with Gasteiger partial charge in [0.1, 0.15) is 9.71 Å². The van der Waals surface area contributed by atoms with Crippen LogP contribution in [0.4, 0.5) is 5.69 Å². The molecule has 3 N–H and O–H groups in total. The molecule has 1 amide bonds. The number of thiophene rings is 1.